The number of carbonyl (C=O) groups is 1. The van der Waals surface area contributed by atoms with Crippen LogP contribution in [0.1, 0.15) is 12.6 Å². The number of anilines is 1. The van der Waals surface area contributed by atoms with Gasteiger partial charge in [0.25, 0.3) is 0 Å². The average Bonchev–Trinajstić information content (AvgIpc) is 3.02. The first kappa shape index (κ1) is 14.6. The fourth-order valence-electron chi connectivity index (χ4n) is 2.07. The van der Waals surface area contributed by atoms with E-state index in [1.54, 1.807) is 0 Å². The molecule has 0 aliphatic carbocycles. The van der Waals surface area contributed by atoms with E-state index in [0.717, 1.165) is 16.3 Å². The molecule has 112 valence electrons. The topological polar surface area (TPSA) is 75.6 Å². The predicted molar refractivity (Wildman–Crippen MR) is 88.9 cm³/mol. The highest BCUT2D eigenvalue weighted by Gasteiger charge is 2.17. The van der Waals surface area contributed by atoms with Crippen molar-refractivity contribution < 1.29 is 4.79 Å². The van der Waals surface area contributed by atoms with Crippen molar-refractivity contribution in [3.63, 3.8) is 0 Å². The summed E-state index contributed by atoms with van der Waals surface area (Å²) in [6.45, 7) is 3.33. The number of rotatable bonds is 3. The van der Waals surface area contributed by atoms with Crippen LogP contribution in [0.15, 0.2) is 30.3 Å². The lowest BCUT2D eigenvalue weighted by Crippen LogP contribution is -2.04. The molecule has 0 bridgehead atoms. The van der Waals surface area contributed by atoms with Crippen molar-refractivity contribution in [1.29, 1.82) is 0 Å². The molecule has 8 heteroatoms. The van der Waals surface area contributed by atoms with Gasteiger partial charge >= 0.3 is 0 Å². The summed E-state index contributed by atoms with van der Waals surface area (Å²) in [6.07, 6.45) is 0. The Hall–Kier alpha value is -2.32. The molecule has 0 unspecified atom stereocenters. The van der Waals surface area contributed by atoms with Crippen LogP contribution in [0.25, 0.3) is 16.4 Å². The van der Waals surface area contributed by atoms with E-state index in [-0.39, 0.29) is 5.91 Å². The molecule has 22 heavy (non-hydrogen) atoms. The van der Waals surface area contributed by atoms with Gasteiger partial charge in [0.05, 0.1) is 10.6 Å². The average molecular weight is 331 g/mol. The Bertz CT molecular complexity index is 878. The van der Waals surface area contributed by atoms with Crippen LogP contribution < -0.4 is 5.32 Å². The first-order valence-corrected chi connectivity index (χ1v) is 7.77. The van der Waals surface area contributed by atoms with E-state index in [1.165, 1.54) is 18.3 Å². The molecule has 3 rings (SSSR count). The van der Waals surface area contributed by atoms with Crippen LogP contribution in [-0.2, 0) is 4.79 Å². The van der Waals surface area contributed by atoms with Crippen LogP contribution in [0.4, 0.5) is 5.13 Å². The Balaban J connectivity index is 2.13. The summed E-state index contributed by atoms with van der Waals surface area (Å²) < 4.78 is 2.36. The van der Waals surface area contributed by atoms with Crippen LogP contribution in [0, 0.1) is 11.7 Å². The van der Waals surface area contributed by atoms with Gasteiger partial charge in [-0.1, -0.05) is 29.5 Å². The summed E-state index contributed by atoms with van der Waals surface area (Å²) in [5.74, 6) is 0.532. The number of para-hydroxylation sites is 1. The summed E-state index contributed by atoms with van der Waals surface area (Å²) in [4.78, 5) is 16.4. The molecule has 0 aliphatic rings. The van der Waals surface area contributed by atoms with Crippen molar-refractivity contribution in [2.24, 2.45) is 0 Å². The Morgan fingerprint density at radius 3 is 2.77 bits per heavy atom. The number of aromatic amines is 1. The molecular formula is C14H13N5OS2. The zero-order chi connectivity index (χ0) is 15.7. The second-order valence-electron chi connectivity index (χ2n) is 4.64. The maximum Gasteiger partial charge on any atom is 0.223 e. The minimum Gasteiger partial charge on any atom is -0.302 e. The number of H-pyrrole nitrogens is 1. The zero-order valence-corrected chi connectivity index (χ0v) is 13.6. The standard InChI is InChI=1S/C14H13N5OS2/c1-8-11(22-13(15-8)16-9(2)20)12-17-18-14(21)19(12)10-6-4-3-5-7-10/h3-7H,1-2H3,(H,18,21)(H,15,16,20). The Morgan fingerprint density at radius 1 is 1.36 bits per heavy atom. The third kappa shape index (κ3) is 2.70. The maximum atomic E-state index is 11.2. The molecular weight excluding hydrogens is 318 g/mol. The number of nitrogens with one attached hydrogen (secondary N) is 2. The SMILES string of the molecule is CC(=O)Nc1nc(C)c(-c2n[nH]c(=S)n2-c2ccccc2)s1. The van der Waals surface area contributed by atoms with Gasteiger partial charge < -0.3 is 5.32 Å². The number of benzene rings is 1. The Kier molecular flexibility index (Phi) is 3.86. The van der Waals surface area contributed by atoms with Crippen LogP contribution in [0.3, 0.4) is 0 Å². The Labute approximate surface area is 135 Å². The molecule has 6 nitrogen and oxygen atoms in total. The van der Waals surface area contributed by atoms with E-state index < -0.39 is 0 Å². The van der Waals surface area contributed by atoms with Crippen LogP contribution in [-0.4, -0.2) is 25.7 Å². The number of aryl methyl sites for hydroxylation is 1. The summed E-state index contributed by atoms with van der Waals surface area (Å²) in [5, 5.41) is 10.4. The molecule has 0 radical (unpaired) electrons. The molecule has 0 aliphatic heterocycles. The maximum absolute atomic E-state index is 11.2. The van der Waals surface area contributed by atoms with Gasteiger partial charge in [-0.25, -0.2) is 4.98 Å². The lowest BCUT2D eigenvalue weighted by molar-refractivity contribution is -0.114. The van der Waals surface area contributed by atoms with E-state index in [4.69, 9.17) is 12.2 Å². The molecule has 0 spiro atoms. The number of hydrogen-bond acceptors (Lipinski definition) is 5. The molecule has 0 atom stereocenters. The molecule has 2 heterocycles. The monoisotopic (exact) mass is 331 g/mol. The molecule has 3 aromatic rings. The van der Waals surface area contributed by atoms with E-state index >= 15 is 0 Å². The van der Waals surface area contributed by atoms with E-state index in [1.807, 2.05) is 41.8 Å². The first-order valence-electron chi connectivity index (χ1n) is 6.54. The van der Waals surface area contributed by atoms with Crippen molar-refractivity contribution >= 4 is 34.6 Å². The van der Waals surface area contributed by atoms with Gasteiger partial charge in [-0.2, -0.15) is 5.10 Å². The van der Waals surface area contributed by atoms with Crippen molar-refractivity contribution in [3.05, 3.63) is 40.8 Å². The van der Waals surface area contributed by atoms with Crippen LogP contribution in [0.2, 0.25) is 0 Å². The van der Waals surface area contributed by atoms with Gasteiger partial charge in [0, 0.05) is 12.6 Å². The fraction of sp³-hybridized carbons (Fsp3) is 0.143. The summed E-state index contributed by atoms with van der Waals surface area (Å²) in [5.41, 5.74) is 1.71. The molecule has 1 amide bonds. The van der Waals surface area contributed by atoms with Gasteiger partial charge in [0.15, 0.2) is 15.7 Å². The van der Waals surface area contributed by atoms with Crippen molar-refractivity contribution in [2.45, 2.75) is 13.8 Å². The summed E-state index contributed by atoms with van der Waals surface area (Å²) in [7, 11) is 0. The van der Waals surface area contributed by atoms with Gasteiger partial charge in [-0.3, -0.25) is 14.5 Å². The smallest absolute Gasteiger partial charge is 0.223 e. The number of amides is 1. The third-order valence-corrected chi connectivity index (χ3v) is 4.31. The predicted octanol–water partition coefficient (Wildman–Crippen LogP) is 3.32. The largest absolute Gasteiger partial charge is 0.302 e. The minimum atomic E-state index is -0.151. The van der Waals surface area contributed by atoms with Crippen molar-refractivity contribution in [2.75, 3.05) is 5.32 Å². The number of carbonyl (C=O) groups excluding carboxylic acids is 1. The van der Waals surface area contributed by atoms with Crippen molar-refractivity contribution in [1.82, 2.24) is 19.7 Å². The molecule has 2 aromatic heterocycles. The highest BCUT2D eigenvalue weighted by molar-refractivity contribution is 7.71. The quantitative estimate of drug-likeness (QED) is 0.722. The van der Waals surface area contributed by atoms with Crippen LogP contribution in [0.5, 0.6) is 0 Å². The second-order valence-corrected chi connectivity index (χ2v) is 6.02. The molecule has 0 fully saturated rings. The second kappa shape index (κ2) is 5.82. The molecule has 0 saturated carbocycles. The van der Waals surface area contributed by atoms with Crippen molar-refractivity contribution in [3.8, 4) is 16.4 Å². The Morgan fingerprint density at radius 2 is 2.09 bits per heavy atom. The molecule has 1 aromatic carbocycles. The van der Waals surface area contributed by atoms with E-state index in [2.05, 4.69) is 20.5 Å². The van der Waals surface area contributed by atoms with Crippen LogP contribution >= 0.6 is 23.6 Å². The lowest BCUT2D eigenvalue weighted by Gasteiger charge is -2.05. The van der Waals surface area contributed by atoms with E-state index in [0.29, 0.717) is 15.7 Å². The summed E-state index contributed by atoms with van der Waals surface area (Å²) >= 11 is 6.70. The number of nitrogens with zero attached hydrogens (tertiary/aromatic N) is 3. The molecule has 2 N–H and O–H groups in total. The number of hydrogen-bond donors (Lipinski definition) is 2. The number of aromatic nitrogens is 4. The van der Waals surface area contributed by atoms with E-state index in [9.17, 15) is 4.79 Å². The highest BCUT2D eigenvalue weighted by Crippen LogP contribution is 2.32. The number of thiazole rings is 1. The first-order chi connectivity index (χ1) is 10.6. The fourth-order valence-corrected chi connectivity index (χ4v) is 3.30. The minimum absolute atomic E-state index is 0.151. The van der Waals surface area contributed by atoms with Gasteiger partial charge in [0.2, 0.25) is 5.91 Å². The summed E-state index contributed by atoms with van der Waals surface area (Å²) in [6, 6.07) is 9.74. The zero-order valence-electron chi connectivity index (χ0n) is 12.0. The van der Waals surface area contributed by atoms with Gasteiger partial charge in [-0.05, 0) is 31.3 Å². The third-order valence-electron chi connectivity index (χ3n) is 2.97. The molecule has 0 saturated heterocycles. The highest BCUT2D eigenvalue weighted by atomic mass is 32.1. The lowest BCUT2D eigenvalue weighted by atomic mass is 10.3. The normalized spacial score (nSPS) is 10.6. The van der Waals surface area contributed by atoms with Gasteiger partial charge in [0.1, 0.15) is 0 Å². The van der Waals surface area contributed by atoms with Gasteiger partial charge in [-0.15, -0.1) is 0 Å².